The molecule has 0 unspecified atom stereocenters. The highest BCUT2D eigenvalue weighted by atomic mass is 127. The minimum absolute atomic E-state index is 0.128. The zero-order valence-corrected chi connectivity index (χ0v) is 12.4. The van der Waals surface area contributed by atoms with E-state index in [4.69, 9.17) is 0 Å². The zero-order chi connectivity index (χ0) is 13.8. The highest BCUT2D eigenvalue weighted by Crippen LogP contribution is 2.24. The molecule has 0 aliphatic carbocycles. The lowest BCUT2D eigenvalue weighted by molar-refractivity contribution is -0.385. The summed E-state index contributed by atoms with van der Waals surface area (Å²) in [6.07, 6.45) is 3.58. The summed E-state index contributed by atoms with van der Waals surface area (Å²) in [5.41, 5.74) is 3.26. The molecule has 0 bridgehead atoms. The van der Waals surface area contributed by atoms with Crippen LogP contribution in [-0.4, -0.2) is 9.91 Å². The average Bonchev–Trinajstić information content (AvgIpc) is 2.37. The predicted octanol–water partition coefficient (Wildman–Crippen LogP) is 3.51. The molecule has 19 heavy (non-hydrogen) atoms. The molecule has 6 heteroatoms. The lowest BCUT2D eigenvalue weighted by Crippen LogP contribution is -2.02. The van der Waals surface area contributed by atoms with E-state index < -0.39 is 0 Å². The van der Waals surface area contributed by atoms with Crippen LogP contribution < -0.4 is 5.32 Å². The Morgan fingerprint density at radius 2 is 2.21 bits per heavy atom. The normalized spacial score (nSPS) is 10.2. The van der Waals surface area contributed by atoms with Gasteiger partial charge in [0.05, 0.1) is 8.49 Å². The number of nitrogens with zero attached hydrogens (tertiary/aromatic N) is 2. The Balaban J connectivity index is 2.11. The number of aromatic nitrogens is 1. The fourth-order valence-electron chi connectivity index (χ4n) is 1.64. The van der Waals surface area contributed by atoms with Crippen molar-refractivity contribution in [3.8, 4) is 0 Å². The van der Waals surface area contributed by atoms with Gasteiger partial charge >= 0.3 is 0 Å². The quantitative estimate of drug-likeness (QED) is 0.509. The first-order valence-electron chi connectivity index (χ1n) is 5.65. The van der Waals surface area contributed by atoms with Gasteiger partial charge in [0.15, 0.2) is 0 Å². The minimum atomic E-state index is -0.378. The SMILES string of the molecule is Cc1ccncc1CNc1ccc([N+](=O)[O-])c(I)c1. The molecule has 0 fully saturated rings. The lowest BCUT2D eigenvalue weighted by Gasteiger charge is -2.08. The van der Waals surface area contributed by atoms with Crippen molar-refractivity contribution in [2.45, 2.75) is 13.5 Å². The van der Waals surface area contributed by atoms with Crippen molar-refractivity contribution in [1.29, 1.82) is 0 Å². The van der Waals surface area contributed by atoms with E-state index in [9.17, 15) is 10.1 Å². The molecule has 2 rings (SSSR count). The van der Waals surface area contributed by atoms with Crippen LogP contribution in [0, 0.1) is 20.6 Å². The first-order chi connectivity index (χ1) is 9.08. The molecular weight excluding hydrogens is 357 g/mol. The zero-order valence-electron chi connectivity index (χ0n) is 10.3. The summed E-state index contributed by atoms with van der Waals surface area (Å²) in [6.45, 7) is 2.67. The number of benzene rings is 1. The molecule has 5 nitrogen and oxygen atoms in total. The van der Waals surface area contributed by atoms with Gasteiger partial charge in [-0.1, -0.05) is 0 Å². The van der Waals surface area contributed by atoms with Crippen LogP contribution in [0.4, 0.5) is 11.4 Å². The van der Waals surface area contributed by atoms with Crippen molar-refractivity contribution in [3.63, 3.8) is 0 Å². The highest BCUT2D eigenvalue weighted by Gasteiger charge is 2.11. The number of pyridine rings is 1. The maximum Gasteiger partial charge on any atom is 0.282 e. The number of hydrogen-bond acceptors (Lipinski definition) is 4. The number of anilines is 1. The van der Waals surface area contributed by atoms with Crippen molar-refractivity contribution in [2.75, 3.05) is 5.32 Å². The molecule has 2 aromatic rings. The van der Waals surface area contributed by atoms with Crippen LogP contribution in [0.25, 0.3) is 0 Å². The molecule has 0 saturated heterocycles. The largest absolute Gasteiger partial charge is 0.381 e. The molecular formula is C13H12IN3O2. The third-order valence-corrected chi connectivity index (χ3v) is 3.64. The van der Waals surface area contributed by atoms with Crippen molar-refractivity contribution in [1.82, 2.24) is 4.98 Å². The van der Waals surface area contributed by atoms with Crippen LogP contribution in [0.1, 0.15) is 11.1 Å². The van der Waals surface area contributed by atoms with Crippen LogP contribution in [0.15, 0.2) is 36.7 Å². The van der Waals surface area contributed by atoms with Crippen LogP contribution in [0.3, 0.4) is 0 Å². The summed E-state index contributed by atoms with van der Waals surface area (Å²) < 4.78 is 0.621. The molecule has 1 aromatic heterocycles. The molecule has 1 heterocycles. The number of nitro groups is 1. The second kappa shape index (κ2) is 5.96. The molecule has 0 saturated carbocycles. The van der Waals surface area contributed by atoms with E-state index >= 15 is 0 Å². The minimum Gasteiger partial charge on any atom is -0.381 e. The highest BCUT2D eigenvalue weighted by molar-refractivity contribution is 14.1. The van der Waals surface area contributed by atoms with Gasteiger partial charge in [0.2, 0.25) is 0 Å². The Labute approximate surface area is 124 Å². The number of hydrogen-bond donors (Lipinski definition) is 1. The first kappa shape index (κ1) is 13.7. The van der Waals surface area contributed by atoms with Gasteiger partial charge in [0.25, 0.3) is 5.69 Å². The number of aryl methyl sites for hydroxylation is 1. The summed E-state index contributed by atoms with van der Waals surface area (Å²) >= 11 is 1.97. The maximum atomic E-state index is 10.7. The van der Waals surface area contributed by atoms with Gasteiger partial charge in [0, 0.05) is 30.7 Å². The molecule has 98 valence electrons. The lowest BCUT2D eigenvalue weighted by atomic mass is 10.1. The maximum absolute atomic E-state index is 10.7. The van der Waals surface area contributed by atoms with Gasteiger partial charge in [-0.05, 0) is 58.8 Å². The molecule has 0 spiro atoms. The van der Waals surface area contributed by atoms with Gasteiger partial charge in [0.1, 0.15) is 0 Å². The molecule has 0 aliphatic rings. The van der Waals surface area contributed by atoms with Crippen molar-refractivity contribution >= 4 is 34.0 Å². The Morgan fingerprint density at radius 3 is 2.84 bits per heavy atom. The van der Waals surface area contributed by atoms with Gasteiger partial charge in [-0.25, -0.2) is 0 Å². The number of halogens is 1. The summed E-state index contributed by atoms with van der Waals surface area (Å²) in [5, 5.41) is 14.0. The van der Waals surface area contributed by atoms with Crippen molar-refractivity contribution < 1.29 is 4.92 Å². The van der Waals surface area contributed by atoms with E-state index in [1.54, 1.807) is 18.3 Å². The topological polar surface area (TPSA) is 68.1 Å². The first-order valence-corrected chi connectivity index (χ1v) is 6.73. The third-order valence-electron chi connectivity index (χ3n) is 2.77. The van der Waals surface area contributed by atoms with Crippen LogP contribution in [0.5, 0.6) is 0 Å². The van der Waals surface area contributed by atoms with E-state index in [0.717, 1.165) is 11.3 Å². The van der Waals surface area contributed by atoms with Gasteiger partial charge in [-0.2, -0.15) is 0 Å². The Kier molecular flexibility index (Phi) is 4.31. The monoisotopic (exact) mass is 369 g/mol. The average molecular weight is 369 g/mol. The summed E-state index contributed by atoms with van der Waals surface area (Å²) in [5.74, 6) is 0. The van der Waals surface area contributed by atoms with Gasteiger partial charge in [-0.15, -0.1) is 0 Å². The van der Waals surface area contributed by atoms with E-state index in [1.807, 2.05) is 41.8 Å². The third kappa shape index (κ3) is 3.40. The molecule has 0 atom stereocenters. The Morgan fingerprint density at radius 1 is 1.42 bits per heavy atom. The standard InChI is InChI=1S/C13H12IN3O2/c1-9-4-5-15-7-10(9)8-16-11-2-3-13(17(18)19)12(14)6-11/h2-7,16H,8H2,1H3. The summed E-state index contributed by atoms with van der Waals surface area (Å²) in [4.78, 5) is 14.4. The Bertz CT molecular complexity index is 617. The molecule has 0 radical (unpaired) electrons. The second-order valence-electron chi connectivity index (χ2n) is 4.08. The van der Waals surface area contributed by atoms with Gasteiger partial charge < -0.3 is 5.32 Å². The van der Waals surface area contributed by atoms with Crippen LogP contribution in [0.2, 0.25) is 0 Å². The number of nitro benzene ring substituents is 1. The van der Waals surface area contributed by atoms with E-state index in [-0.39, 0.29) is 10.6 Å². The fraction of sp³-hybridized carbons (Fsp3) is 0.154. The van der Waals surface area contributed by atoms with Crippen molar-refractivity contribution in [3.05, 3.63) is 61.5 Å². The fourth-order valence-corrected chi connectivity index (χ4v) is 2.36. The van der Waals surface area contributed by atoms with Crippen LogP contribution in [-0.2, 0) is 6.54 Å². The summed E-state index contributed by atoms with van der Waals surface area (Å²) in [6, 6.07) is 6.95. The van der Waals surface area contributed by atoms with Gasteiger partial charge in [-0.3, -0.25) is 15.1 Å². The van der Waals surface area contributed by atoms with E-state index in [0.29, 0.717) is 10.1 Å². The van der Waals surface area contributed by atoms with Crippen molar-refractivity contribution in [2.24, 2.45) is 0 Å². The Hall–Kier alpha value is -1.70. The number of nitrogens with one attached hydrogen (secondary N) is 1. The molecule has 0 aliphatic heterocycles. The van der Waals surface area contributed by atoms with Crippen LogP contribution >= 0.6 is 22.6 Å². The predicted molar refractivity (Wildman–Crippen MR) is 82.1 cm³/mol. The molecule has 1 N–H and O–H groups in total. The number of rotatable bonds is 4. The second-order valence-corrected chi connectivity index (χ2v) is 5.24. The van der Waals surface area contributed by atoms with E-state index in [1.165, 1.54) is 11.6 Å². The molecule has 1 aromatic carbocycles. The summed E-state index contributed by atoms with van der Waals surface area (Å²) in [7, 11) is 0. The van der Waals surface area contributed by atoms with E-state index in [2.05, 4.69) is 10.3 Å². The molecule has 0 amide bonds. The smallest absolute Gasteiger partial charge is 0.282 e.